The molecule has 3 heteroatoms. The van der Waals surface area contributed by atoms with Crippen LogP contribution in [0.25, 0.3) is 33.5 Å². The van der Waals surface area contributed by atoms with E-state index in [1.165, 1.54) is 0 Å². The predicted molar refractivity (Wildman–Crippen MR) is 97.0 cm³/mol. The normalized spacial score (nSPS) is 10.7. The highest BCUT2D eigenvalue weighted by atomic mass is 16.5. The van der Waals surface area contributed by atoms with Crippen molar-refractivity contribution >= 4 is 10.9 Å². The topological polar surface area (TPSA) is 35.0 Å². The highest BCUT2D eigenvalue weighted by Crippen LogP contribution is 2.29. The zero-order chi connectivity index (χ0) is 16.4. The molecule has 4 aromatic rings. The Hall–Kier alpha value is -3.20. The van der Waals surface area contributed by atoms with E-state index in [9.17, 15) is 0 Å². The Morgan fingerprint density at radius 1 is 0.667 bits per heavy atom. The van der Waals surface area contributed by atoms with Crippen molar-refractivity contribution in [3.63, 3.8) is 0 Å². The van der Waals surface area contributed by atoms with Crippen molar-refractivity contribution in [1.82, 2.24) is 9.97 Å². The van der Waals surface area contributed by atoms with Crippen LogP contribution in [-0.2, 0) is 0 Å². The standard InChI is InChI=1S/C21H16N2O/c1-24-17-13-11-16(12-14-17)21-22-19-10-6-5-9-18(19)20(23-21)15-7-3-2-4-8-15/h2-14H,1H3. The molecule has 24 heavy (non-hydrogen) atoms. The van der Waals surface area contributed by atoms with Gasteiger partial charge in [0.2, 0.25) is 0 Å². The number of fused-ring (bicyclic) bond motifs is 1. The summed E-state index contributed by atoms with van der Waals surface area (Å²) < 4.78 is 5.23. The number of rotatable bonds is 3. The number of nitrogens with zero attached hydrogens (tertiary/aromatic N) is 2. The van der Waals surface area contributed by atoms with Gasteiger partial charge in [0, 0.05) is 16.5 Å². The van der Waals surface area contributed by atoms with Crippen LogP contribution in [0.1, 0.15) is 0 Å². The monoisotopic (exact) mass is 312 g/mol. The number of ether oxygens (including phenoxy) is 1. The summed E-state index contributed by atoms with van der Waals surface area (Å²) in [6.07, 6.45) is 0. The van der Waals surface area contributed by atoms with Gasteiger partial charge in [-0.05, 0) is 30.3 Å². The molecule has 0 amide bonds. The Morgan fingerprint density at radius 2 is 1.38 bits per heavy atom. The lowest BCUT2D eigenvalue weighted by molar-refractivity contribution is 0.415. The van der Waals surface area contributed by atoms with Gasteiger partial charge in [-0.1, -0.05) is 48.5 Å². The van der Waals surface area contributed by atoms with E-state index in [4.69, 9.17) is 14.7 Å². The van der Waals surface area contributed by atoms with Crippen LogP contribution in [0.4, 0.5) is 0 Å². The van der Waals surface area contributed by atoms with Crippen molar-refractivity contribution in [2.24, 2.45) is 0 Å². The van der Waals surface area contributed by atoms with Crippen LogP contribution in [0.3, 0.4) is 0 Å². The van der Waals surface area contributed by atoms with Crippen LogP contribution in [0.5, 0.6) is 5.75 Å². The van der Waals surface area contributed by atoms with E-state index >= 15 is 0 Å². The van der Waals surface area contributed by atoms with Crippen molar-refractivity contribution < 1.29 is 4.74 Å². The quantitative estimate of drug-likeness (QED) is 0.535. The Kier molecular flexibility index (Phi) is 3.67. The third kappa shape index (κ3) is 2.61. The number of hydrogen-bond donors (Lipinski definition) is 0. The maximum absolute atomic E-state index is 5.23. The van der Waals surface area contributed by atoms with Gasteiger partial charge in [0.05, 0.1) is 18.3 Å². The van der Waals surface area contributed by atoms with E-state index < -0.39 is 0 Å². The van der Waals surface area contributed by atoms with E-state index in [0.29, 0.717) is 0 Å². The van der Waals surface area contributed by atoms with Gasteiger partial charge in [-0.2, -0.15) is 0 Å². The number of aromatic nitrogens is 2. The van der Waals surface area contributed by atoms with Crippen LogP contribution in [0.2, 0.25) is 0 Å². The fourth-order valence-electron chi connectivity index (χ4n) is 2.76. The SMILES string of the molecule is COc1ccc(-c2nc(-c3ccccc3)c3ccccc3n2)cc1. The molecule has 3 aromatic carbocycles. The van der Waals surface area contributed by atoms with Crippen LogP contribution in [-0.4, -0.2) is 17.1 Å². The van der Waals surface area contributed by atoms with Gasteiger partial charge in [0.25, 0.3) is 0 Å². The second-order valence-electron chi connectivity index (χ2n) is 5.51. The van der Waals surface area contributed by atoms with E-state index in [1.54, 1.807) is 7.11 Å². The molecule has 0 radical (unpaired) electrons. The summed E-state index contributed by atoms with van der Waals surface area (Å²) in [6, 6.07) is 26.1. The summed E-state index contributed by atoms with van der Waals surface area (Å²) in [5, 5.41) is 1.06. The van der Waals surface area contributed by atoms with E-state index in [0.717, 1.165) is 39.3 Å². The van der Waals surface area contributed by atoms with Gasteiger partial charge >= 0.3 is 0 Å². The minimum absolute atomic E-state index is 0.718. The first-order valence-electron chi connectivity index (χ1n) is 7.82. The molecule has 0 saturated carbocycles. The molecule has 1 heterocycles. The zero-order valence-electron chi connectivity index (χ0n) is 13.3. The Labute approximate surface area is 140 Å². The molecule has 0 unspecified atom stereocenters. The molecule has 0 saturated heterocycles. The second kappa shape index (κ2) is 6.13. The molecule has 0 N–H and O–H groups in total. The van der Waals surface area contributed by atoms with Crippen molar-refractivity contribution in [3.8, 4) is 28.4 Å². The summed E-state index contributed by atoms with van der Waals surface area (Å²) in [5.41, 5.74) is 3.95. The van der Waals surface area contributed by atoms with Crippen molar-refractivity contribution in [3.05, 3.63) is 78.9 Å². The molecular formula is C21H16N2O. The zero-order valence-corrected chi connectivity index (χ0v) is 13.3. The van der Waals surface area contributed by atoms with Crippen LogP contribution in [0.15, 0.2) is 78.9 Å². The van der Waals surface area contributed by atoms with E-state index in [1.807, 2.05) is 60.7 Å². The van der Waals surface area contributed by atoms with Crippen molar-refractivity contribution in [2.45, 2.75) is 0 Å². The summed E-state index contributed by atoms with van der Waals surface area (Å²) in [4.78, 5) is 9.58. The molecule has 1 aromatic heterocycles. The van der Waals surface area contributed by atoms with Crippen molar-refractivity contribution in [1.29, 1.82) is 0 Å². The fraction of sp³-hybridized carbons (Fsp3) is 0.0476. The largest absolute Gasteiger partial charge is 0.497 e. The Morgan fingerprint density at radius 3 is 2.12 bits per heavy atom. The van der Waals surface area contributed by atoms with Gasteiger partial charge < -0.3 is 4.74 Å². The van der Waals surface area contributed by atoms with Gasteiger partial charge in [0.1, 0.15) is 5.75 Å². The van der Waals surface area contributed by atoms with Crippen molar-refractivity contribution in [2.75, 3.05) is 7.11 Å². The molecule has 0 atom stereocenters. The minimum atomic E-state index is 0.718. The lowest BCUT2D eigenvalue weighted by Gasteiger charge is -2.09. The summed E-state index contributed by atoms with van der Waals surface area (Å²) >= 11 is 0. The Bertz CT molecular complexity index is 980. The summed E-state index contributed by atoms with van der Waals surface area (Å²) in [5.74, 6) is 1.54. The van der Waals surface area contributed by atoms with Gasteiger partial charge in [0.15, 0.2) is 5.82 Å². The average molecular weight is 312 g/mol. The van der Waals surface area contributed by atoms with Crippen LogP contribution in [0, 0.1) is 0 Å². The van der Waals surface area contributed by atoms with E-state index in [2.05, 4.69) is 18.2 Å². The molecule has 0 aliphatic carbocycles. The number of methoxy groups -OCH3 is 1. The Balaban J connectivity index is 1.94. The second-order valence-corrected chi connectivity index (χ2v) is 5.51. The van der Waals surface area contributed by atoms with Crippen LogP contribution < -0.4 is 4.74 Å². The maximum Gasteiger partial charge on any atom is 0.160 e. The maximum atomic E-state index is 5.23. The molecular weight excluding hydrogens is 296 g/mol. The first-order chi connectivity index (χ1) is 11.8. The van der Waals surface area contributed by atoms with E-state index in [-0.39, 0.29) is 0 Å². The predicted octanol–water partition coefficient (Wildman–Crippen LogP) is 4.97. The van der Waals surface area contributed by atoms with Gasteiger partial charge in [-0.15, -0.1) is 0 Å². The lowest BCUT2D eigenvalue weighted by atomic mass is 10.1. The molecule has 3 nitrogen and oxygen atoms in total. The number of para-hydroxylation sites is 1. The number of benzene rings is 3. The van der Waals surface area contributed by atoms with Gasteiger partial charge in [-0.25, -0.2) is 9.97 Å². The first-order valence-corrected chi connectivity index (χ1v) is 7.82. The molecule has 116 valence electrons. The molecule has 4 rings (SSSR count). The summed E-state index contributed by atoms with van der Waals surface area (Å²) in [7, 11) is 1.66. The molecule has 0 bridgehead atoms. The highest BCUT2D eigenvalue weighted by Gasteiger charge is 2.10. The highest BCUT2D eigenvalue weighted by molar-refractivity contribution is 5.93. The van der Waals surface area contributed by atoms with Gasteiger partial charge in [-0.3, -0.25) is 0 Å². The molecule has 0 fully saturated rings. The molecule has 0 aliphatic rings. The summed E-state index contributed by atoms with van der Waals surface area (Å²) in [6.45, 7) is 0. The molecule has 0 spiro atoms. The van der Waals surface area contributed by atoms with Crippen LogP contribution >= 0.6 is 0 Å². The average Bonchev–Trinajstić information content (AvgIpc) is 2.68. The third-order valence-electron chi connectivity index (χ3n) is 4.00. The lowest BCUT2D eigenvalue weighted by Crippen LogP contribution is -1.95. The fourth-order valence-corrected chi connectivity index (χ4v) is 2.76. The first kappa shape index (κ1) is 14.4. The third-order valence-corrected chi connectivity index (χ3v) is 4.00. The minimum Gasteiger partial charge on any atom is -0.497 e. The smallest absolute Gasteiger partial charge is 0.160 e. The number of hydrogen-bond acceptors (Lipinski definition) is 3. The molecule has 0 aliphatic heterocycles.